The maximum absolute atomic E-state index is 9.98. The highest BCUT2D eigenvalue weighted by atomic mass is 16.4. The van der Waals surface area contributed by atoms with Crippen LogP contribution < -0.4 is 10.6 Å². The molecule has 0 aliphatic heterocycles. The summed E-state index contributed by atoms with van der Waals surface area (Å²) in [4.78, 5) is 9.98. The molecule has 5 heteroatoms. The topological polar surface area (TPSA) is 81.6 Å². The molecule has 1 amide bonds. The van der Waals surface area contributed by atoms with Gasteiger partial charge in [-0.3, -0.25) is 5.32 Å². The van der Waals surface area contributed by atoms with Gasteiger partial charge >= 0.3 is 6.09 Å². The lowest BCUT2D eigenvalue weighted by molar-refractivity contribution is 0.127. The average Bonchev–Trinajstić information content (AvgIpc) is 2.00. The number of nitrogens with one attached hydrogen (secondary N) is 2. The second kappa shape index (κ2) is 6.87. The van der Waals surface area contributed by atoms with E-state index in [0.29, 0.717) is 6.42 Å². The second-order valence-corrected chi connectivity index (χ2v) is 2.49. The van der Waals surface area contributed by atoms with Gasteiger partial charge in [0.2, 0.25) is 0 Å². The van der Waals surface area contributed by atoms with Crippen molar-refractivity contribution in [1.29, 1.82) is 0 Å². The molecular weight excluding hydrogens is 160 g/mol. The fourth-order valence-electron chi connectivity index (χ4n) is 0.729. The van der Waals surface area contributed by atoms with Crippen LogP contribution in [0.15, 0.2) is 0 Å². The van der Waals surface area contributed by atoms with Crippen molar-refractivity contribution in [3.05, 3.63) is 0 Å². The van der Waals surface area contributed by atoms with Crippen LogP contribution in [0.1, 0.15) is 19.8 Å². The van der Waals surface area contributed by atoms with Gasteiger partial charge in [-0.25, -0.2) is 4.79 Å². The summed E-state index contributed by atoms with van der Waals surface area (Å²) < 4.78 is 0. The van der Waals surface area contributed by atoms with E-state index in [1.54, 1.807) is 0 Å². The molecule has 0 fully saturated rings. The minimum atomic E-state index is -1.06. The molecule has 72 valence electrons. The quantitative estimate of drug-likeness (QED) is 0.428. The molecule has 0 aromatic rings. The normalized spacial score (nSPS) is 12.5. The van der Waals surface area contributed by atoms with Crippen LogP contribution in [-0.4, -0.2) is 35.6 Å². The molecule has 1 unspecified atom stereocenters. The van der Waals surface area contributed by atoms with Crippen LogP contribution in [0.2, 0.25) is 0 Å². The van der Waals surface area contributed by atoms with Gasteiger partial charge in [0.1, 0.15) is 6.23 Å². The summed E-state index contributed by atoms with van der Waals surface area (Å²) in [5, 5.41) is 22.3. The molecule has 0 aliphatic carbocycles. The van der Waals surface area contributed by atoms with Gasteiger partial charge in [-0.2, -0.15) is 0 Å². The molecule has 0 aromatic heterocycles. The predicted octanol–water partition coefficient (Wildman–Crippen LogP) is -0.0379. The molecular formula is C7H16N2O3. The summed E-state index contributed by atoms with van der Waals surface area (Å²) in [5.74, 6) is 0. The summed E-state index contributed by atoms with van der Waals surface area (Å²) in [7, 11) is 0. The van der Waals surface area contributed by atoms with E-state index in [1.807, 2.05) is 6.92 Å². The van der Waals surface area contributed by atoms with Crippen molar-refractivity contribution in [3.8, 4) is 0 Å². The van der Waals surface area contributed by atoms with Gasteiger partial charge in [-0.05, 0) is 13.0 Å². The summed E-state index contributed by atoms with van der Waals surface area (Å²) in [5.41, 5.74) is 0. The van der Waals surface area contributed by atoms with E-state index in [4.69, 9.17) is 10.2 Å². The number of carbonyl (C=O) groups is 1. The lowest BCUT2D eigenvalue weighted by Gasteiger charge is -2.11. The minimum absolute atomic E-state index is 0.271. The molecule has 5 nitrogen and oxygen atoms in total. The molecule has 4 N–H and O–H groups in total. The Morgan fingerprint density at radius 1 is 1.50 bits per heavy atom. The second-order valence-electron chi connectivity index (χ2n) is 2.49. The van der Waals surface area contributed by atoms with Crippen molar-refractivity contribution >= 4 is 6.09 Å². The fourth-order valence-corrected chi connectivity index (χ4v) is 0.729. The first kappa shape index (κ1) is 11.2. The van der Waals surface area contributed by atoms with E-state index in [-0.39, 0.29) is 6.54 Å². The zero-order chi connectivity index (χ0) is 9.40. The van der Waals surface area contributed by atoms with Gasteiger partial charge in [0.25, 0.3) is 0 Å². The number of hydrogen-bond donors (Lipinski definition) is 4. The van der Waals surface area contributed by atoms with Crippen LogP contribution >= 0.6 is 0 Å². The van der Waals surface area contributed by atoms with Crippen molar-refractivity contribution < 1.29 is 15.0 Å². The van der Waals surface area contributed by atoms with E-state index in [1.165, 1.54) is 0 Å². The maximum Gasteiger partial charge on any atom is 0.404 e. The monoisotopic (exact) mass is 176 g/mol. The number of aliphatic hydroxyl groups excluding tert-OH is 1. The first-order valence-electron chi connectivity index (χ1n) is 4.05. The zero-order valence-corrected chi connectivity index (χ0v) is 7.21. The van der Waals surface area contributed by atoms with E-state index < -0.39 is 12.3 Å². The van der Waals surface area contributed by atoms with E-state index in [0.717, 1.165) is 13.0 Å². The Kier molecular flexibility index (Phi) is 6.41. The molecule has 0 aliphatic rings. The molecule has 1 atom stereocenters. The van der Waals surface area contributed by atoms with Crippen LogP contribution in [0.4, 0.5) is 4.79 Å². The van der Waals surface area contributed by atoms with Crippen molar-refractivity contribution in [2.24, 2.45) is 0 Å². The molecule has 0 saturated carbocycles. The molecule has 0 heterocycles. The summed E-state index contributed by atoms with van der Waals surface area (Å²) in [6.07, 6.45) is -0.329. The van der Waals surface area contributed by atoms with E-state index in [9.17, 15) is 4.79 Å². The smallest absolute Gasteiger partial charge is 0.404 e. The minimum Gasteiger partial charge on any atom is -0.465 e. The number of carboxylic acid groups (broad SMARTS) is 1. The summed E-state index contributed by atoms with van der Waals surface area (Å²) in [6, 6.07) is 0. The standard InChI is InChI=1S/C7H16N2O3/c1-2-4-8-6(10)3-5-9-7(11)12/h6,8-10H,2-5H2,1H3,(H,11,12). The number of aliphatic hydroxyl groups is 1. The Labute approximate surface area is 71.8 Å². The SMILES string of the molecule is CCCNC(O)CCNC(=O)O. The first-order valence-corrected chi connectivity index (χ1v) is 4.05. The van der Waals surface area contributed by atoms with Gasteiger partial charge in [0.15, 0.2) is 0 Å². The predicted molar refractivity (Wildman–Crippen MR) is 44.9 cm³/mol. The van der Waals surface area contributed by atoms with Gasteiger partial charge in [0, 0.05) is 13.0 Å². The Morgan fingerprint density at radius 3 is 2.67 bits per heavy atom. The largest absolute Gasteiger partial charge is 0.465 e. The first-order chi connectivity index (χ1) is 5.66. The lowest BCUT2D eigenvalue weighted by Crippen LogP contribution is -2.33. The third-order valence-electron chi connectivity index (χ3n) is 1.32. The van der Waals surface area contributed by atoms with Crippen LogP contribution in [0, 0.1) is 0 Å². The third-order valence-corrected chi connectivity index (χ3v) is 1.32. The maximum atomic E-state index is 9.98. The molecule has 0 spiro atoms. The van der Waals surface area contributed by atoms with Gasteiger partial charge < -0.3 is 15.5 Å². The van der Waals surface area contributed by atoms with E-state index >= 15 is 0 Å². The average molecular weight is 176 g/mol. The van der Waals surface area contributed by atoms with Crippen molar-refractivity contribution in [2.45, 2.75) is 26.0 Å². The zero-order valence-electron chi connectivity index (χ0n) is 7.21. The molecule has 0 rings (SSSR count). The van der Waals surface area contributed by atoms with Crippen LogP contribution in [0.25, 0.3) is 0 Å². The van der Waals surface area contributed by atoms with Crippen molar-refractivity contribution in [2.75, 3.05) is 13.1 Å². The number of hydrogen-bond acceptors (Lipinski definition) is 3. The molecule has 0 aromatic carbocycles. The molecule has 0 radical (unpaired) electrons. The van der Waals surface area contributed by atoms with Crippen molar-refractivity contribution in [1.82, 2.24) is 10.6 Å². The summed E-state index contributed by atoms with van der Waals surface area (Å²) in [6.45, 7) is 3.01. The Morgan fingerprint density at radius 2 is 2.17 bits per heavy atom. The third kappa shape index (κ3) is 7.30. The van der Waals surface area contributed by atoms with Gasteiger partial charge in [-0.1, -0.05) is 6.92 Å². The van der Waals surface area contributed by atoms with E-state index in [2.05, 4.69) is 10.6 Å². The Bertz CT molecular complexity index is 130. The van der Waals surface area contributed by atoms with Crippen LogP contribution in [0.3, 0.4) is 0 Å². The highest BCUT2D eigenvalue weighted by Crippen LogP contribution is 1.85. The Balaban J connectivity index is 3.19. The molecule has 0 saturated heterocycles. The molecule has 0 bridgehead atoms. The van der Waals surface area contributed by atoms with Gasteiger partial charge in [-0.15, -0.1) is 0 Å². The summed E-state index contributed by atoms with van der Waals surface area (Å²) >= 11 is 0. The fraction of sp³-hybridized carbons (Fsp3) is 0.857. The molecule has 12 heavy (non-hydrogen) atoms. The van der Waals surface area contributed by atoms with Crippen LogP contribution in [-0.2, 0) is 0 Å². The van der Waals surface area contributed by atoms with Gasteiger partial charge in [0.05, 0.1) is 0 Å². The number of rotatable bonds is 6. The highest BCUT2D eigenvalue weighted by molar-refractivity contribution is 5.64. The Hall–Kier alpha value is -0.810. The highest BCUT2D eigenvalue weighted by Gasteiger charge is 2.01. The lowest BCUT2D eigenvalue weighted by atomic mass is 10.3. The van der Waals surface area contributed by atoms with Crippen molar-refractivity contribution in [3.63, 3.8) is 0 Å². The number of amides is 1. The van der Waals surface area contributed by atoms with Crippen LogP contribution in [0.5, 0.6) is 0 Å².